The number of unbranched alkanes of at least 4 members (excludes halogenated alkanes) is 1. The van der Waals surface area contributed by atoms with Crippen molar-refractivity contribution >= 4 is 5.91 Å². The Hall–Kier alpha value is -1.43. The second-order valence-corrected chi connectivity index (χ2v) is 6.37. The SMILES string of the molecule is CC(C)(O)CCCC[C@H](O)[C@@H](NCc1ccccc1)C(N)=O. The Balaban J connectivity index is 2.40. The minimum absolute atomic E-state index is 0.478. The van der Waals surface area contributed by atoms with E-state index in [0.29, 0.717) is 19.4 Å². The second kappa shape index (κ2) is 8.88. The number of benzene rings is 1. The van der Waals surface area contributed by atoms with Crippen LogP contribution in [0.4, 0.5) is 0 Å². The molecule has 0 aliphatic rings. The molecule has 5 heteroatoms. The molecule has 0 bridgehead atoms. The Morgan fingerprint density at radius 1 is 1.27 bits per heavy atom. The smallest absolute Gasteiger partial charge is 0.237 e. The van der Waals surface area contributed by atoms with Crippen LogP contribution in [0.2, 0.25) is 0 Å². The summed E-state index contributed by atoms with van der Waals surface area (Å²) in [4.78, 5) is 11.5. The number of hydrogen-bond donors (Lipinski definition) is 4. The van der Waals surface area contributed by atoms with Crippen molar-refractivity contribution in [1.29, 1.82) is 0 Å². The van der Waals surface area contributed by atoms with Crippen molar-refractivity contribution in [3.8, 4) is 0 Å². The van der Waals surface area contributed by atoms with Crippen LogP contribution in [-0.4, -0.2) is 33.9 Å². The molecule has 5 N–H and O–H groups in total. The van der Waals surface area contributed by atoms with Gasteiger partial charge in [0.1, 0.15) is 6.04 Å². The van der Waals surface area contributed by atoms with E-state index in [4.69, 9.17) is 5.73 Å². The van der Waals surface area contributed by atoms with Crippen molar-refractivity contribution in [3.05, 3.63) is 35.9 Å². The van der Waals surface area contributed by atoms with Gasteiger partial charge in [-0.3, -0.25) is 10.1 Å². The molecule has 0 aromatic heterocycles. The number of aliphatic hydroxyl groups excluding tert-OH is 1. The van der Waals surface area contributed by atoms with Crippen LogP contribution in [0.5, 0.6) is 0 Å². The highest BCUT2D eigenvalue weighted by atomic mass is 16.3. The Morgan fingerprint density at radius 2 is 1.91 bits per heavy atom. The molecule has 0 saturated heterocycles. The van der Waals surface area contributed by atoms with E-state index < -0.39 is 23.7 Å². The predicted octanol–water partition coefficient (Wildman–Crippen LogP) is 1.32. The molecule has 0 aliphatic carbocycles. The van der Waals surface area contributed by atoms with E-state index >= 15 is 0 Å². The first-order chi connectivity index (χ1) is 10.3. The van der Waals surface area contributed by atoms with Crippen molar-refractivity contribution in [2.45, 2.75) is 63.8 Å². The van der Waals surface area contributed by atoms with Crippen LogP contribution < -0.4 is 11.1 Å². The Morgan fingerprint density at radius 3 is 2.45 bits per heavy atom. The number of carbonyl (C=O) groups excluding carboxylic acids is 1. The molecule has 0 fully saturated rings. The summed E-state index contributed by atoms with van der Waals surface area (Å²) in [6, 6.07) is 8.89. The van der Waals surface area contributed by atoms with Crippen LogP contribution >= 0.6 is 0 Å². The van der Waals surface area contributed by atoms with Gasteiger partial charge in [-0.25, -0.2) is 0 Å². The molecule has 0 aliphatic heterocycles. The van der Waals surface area contributed by atoms with Crippen molar-refractivity contribution in [2.75, 3.05) is 0 Å². The number of amides is 1. The lowest BCUT2D eigenvalue weighted by molar-refractivity contribution is -0.122. The minimum atomic E-state index is -0.817. The van der Waals surface area contributed by atoms with E-state index in [1.807, 2.05) is 30.3 Å². The fraction of sp³-hybridized carbons (Fsp3) is 0.588. The summed E-state index contributed by atoms with van der Waals surface area (Å²) < 4.78 is 0. The summed E-state index contributed by atoms with van der Waals surface area (Å²) >= 11 is 0. The van der Waals surface area contributed by atoms with Gasteiger partial charge in [-0.05, 0) is 32.3 Å². The number of hydrogen-bond acceptors (Lipinski definition) is 4. The summed E-state index contributed by atoms with van der Waals surface area (Å²) in [6.45, 7) is 4.00. The van der Waals surface area contributed by atoms with Gasteiger partial charge in [0.05, 0.1) is 11.7 Å². The molecule has 0 spiro atoms. The lowest BCUT2D eigenvalue weighted by atomic mass is 9.98. The number of nitrogens with one attached hydrogen (secondary N) is 1. The summed E-state index contributed by atoms with van der Waals surface area (Å²) in [5.74, 6) is -0.550. The van der Waals surface area contributed by atoms with Crippen LogP contribution in [0.3, 0.4) is 0 Å². The largest absolute Gasteiger partial charge is 0.391 e. The van der Waals surface area contributed by atoms with Gasteiger partial charge in [0, 0.05) is 6.54 Å². The first-order valence-electron chi connectivity index (χ1n) is 7.76. The molecule has 0 unspecified atom stereocenters. The van der Waals surface area contributed by atoms with Gasteiger partial charge < -0.3 is 15.9 Å². The van der Waals surface area contributed by atoms with E-state index in [0.717, 1.165) is 18.4 Å². The van der Waals surface area contributed by atoms with Crippen molar-refractivity contribution < 1.29 is 15.0 Å². The highest BCUT2D eigenvalue weighted by molar-refractivity contribution is 5.80. The zero-order valence-corrected chi connectivity index (χ0v) is 13.5. The number of primary amides is 1. The third kappa shape index (κ3) is 7.54. The number of carbonyl (C=O) groups is 1. The van der Waals surface area contributed by atoms with E-state index in [1.54, 1.807) is 13.8 Å². The van der Waals surface area contributed by atoms with Crippen LogP contribution in [0.1, 0.15) is 45.1 Å². The molecule has 0 radical (unpaired) electrons. The molecule has 5 nitrogen and oxygen atoms in total. The van der Waals surface area contributed by atoms with Gasteiger partial charge in [-0.2, -0.15) is 0 Å². The zero-order chi connectivity index (χ0) is 16.6. The van der Waals surface area contributed by atoms with E-state index in [1.165, 1.54) is 0 Å². The quantitative estimate of drug-likeness (QED) is 0.490. The molecule has 2 atom stereocenters. The summed E-state index contributed by atoms with van der Waals surface area (Å²) in [5, 5.41) is 22.8. The fourth-order valence-corrected chi connectivity index (χ4v) is 2.33. The Kier molecular flexibility index (Phi) is 7.51. The third-order valence-corrected chi connectivity index (χ3v) is 3.60. The number of nitrogens with two attached hydrogens (primary N) is 1. The Labute approximate surface area is 132 Å². The Bertz CT molecular complexity index is 443. The monoisotopic (exact) mass is 308 g/mol. The first kappa shape index (κ1) is 18.6. The summed E-state index contributed by atoms with van der Waals surface area (Å²) in [7, 11) is 0. The van der Waals surface area contributed by atoms with E-state index in [2.05, 4.69) is 5.32 Å². The molecule has 1 aromatic rings. The van der Waals surface area contributed by atoms with Gasteiger partial charge in [0.15, 0.2) is 0 Å². The van der Waals surface area contributed by atoms with Gasteiger partial charge in [0.25, 0.3) is 0 Å². The third-order valence-electron chi connectivity index (χ3n) is 3.60. The van der Waals surface area contributed by atoms with Gasteiger partial charge in [-0.1, -0.05) is 43.2 Å². The highest BCUT2D eigenvalue weighted by Crippen LogP contribution is 2.15. The maximum atomic E-state index is 11.5. The van der Waals surface area contributed by atoms with Crippen LogP contribution in [-0.2, 0) is 11.3 Å². The lowest BCUT2D eigenvalue weighted by Gasteiger charge is -2.22. The molecule has 22 heavy (non-hydrogen) atoms. The van der Waals surface area contributed by atoms with Gasteiger partial charge in [0.2, 0.25) is 5.91 Å². The number of aliphatic hydroxyl groups is 2. The molecule has 0 heterocycles. The first-order valence-corrected chi connectivity index (χ1v) is 7.76. The standard InChI is InChI=1S/C17H28N2O3/c1-17(2,22)11-7-6-10-14(20)15(16(18)21)19-12-13-8-4-3-5-9-13/h3-5,8-9,14-15,19-20,22H,6-7,10-12H2,1-2H3,(H2,18,21)/t14-,15+/m0/s1. The highest BCUT2D eigenvalue weighted by Gasteiger charge is 2.24. The maximum absolute atomic E-state index is 11.5. The molecule has 0 saturated carbocycles. The number of rotatable bonds is 10. The summed E-state index contributed by atoms with van der Waals surface area (Å²) in [5.41, 5.74) is 5.71. The minimum Gasteiger partial charge on any atom is -0.391 e. The van der Waals surface area contributed by atoms with Crippen molar-refractivity contribution in [2.24, 2.45) is 5.73 Å². The summed E-state index contributed by atoms with van der Waals surface area (Å²) in [6.07, 6.45) is 1.86. The van der Waals surface area contributed by atoms with Crippen molar-refractivity contribution in [1.82, 2.24) is 5.32 Å². The average molecular weight is 308 g/mol. The van der Waals surface area contributed by atoms with Gasteiger partial charge >= 0.3 is 0 Å². The van der Waals surface area contributed by atoms with E-state index in [-0.39, 0.29) is 0 Å². The van der Waals surface area contributed by atoms with Crippen molar-refractivity contribution in [3.63, 3.8) is 0 Å². The normalized spacial score (nSPS) is 14.5. The van der Waals surface area contributed by atoms with E-state index in [9.17, 15) is 15.0 Å². The topological polar surface area (TPSA) is 95.6 Å². The zero-order valence-electron chi connectivity index (χ0n) is 13.5. The second-order valence-electron chi connectivity index (χ2n) is 6.37. The van der Waals surface area contributed by atoms with Gasteiger partial charge in [-0.15, -0.1) is 0 Å². The van der Waals surface area contributed by atoms with Crippen LogP contribution in [0, 0.1) is 0 Å². The molecule has 1 amide bonds. The van der Waals surface area contributed by atoms with Crippen LogP contribution in [0.15, 0.2) is 30.3 Å². The lowest BCUT2D eigenvalue weighted by Crippen LogP contribution is -2.49. The molecular formula is C17H28N2O3. The molecule has 124 valence electrons. The van der Waals surface area contributed by atoms with Crippen LogP contribution in [0.25, 0.3) is 0 Å². The average Bonchev–Trinajstić information content (AvgIpc) is 2.43. The maximum Gasteiger partial charge on any atom is 0.237 e. The molecule has 1 rings (SSSR count). The predicted molar refractivity (Wildman–Crippen MR) is 87.0 cm³/mol. The fourth-order valence-electron chi connectivity index (χ4n) is 2.33. The molecular weight excluding hydrogens is 280 g/mol. The molecule has 1 aromatic carbocycles.